The van der Waals surface area contributed by atoms with Crippen LogP contribution in [-0.2, 0) is 0 Å². The second kappa shape index (κ2) is 9.29. The predicted octanol–water partition coefficient (Wildman–Crippen LogP) is 5.26. The van der Waals surface area contributed by atoms with Crippen LogP contribution in [0.2, 0.25) is 0 Å². The first-order chi connectivity index (χ1) is 15.8. The Morgan fingerprint density at radius 2 is 1.97 bits per heavy atom. The van der Waals surface area contributed by atoms with E-state index in [0.29, 0.717) is 28.0 Å². The second-order valence-corrected chi connectivity index (χ2v) is 8.32. The fourth-order valence-corrected chi connectivity index (χ4v) is 3.47. The molecule has 0 aliphatic rings. The van der Waals surface area contributed by atoms with Crippen LogP contribution in [0.4, 0.5) is 5.69 Å². The van der Waals surface area contributed by atoms with Crippen LogP contribution < -0.4 is 10.3 Å². The number of nitro groups is 1. The largest absolute Gasteiger partial charge is 0.438 e. The van der Waals surface area contributed by atoms with E-state index in [-0.39, 0.29) is 23.0 Å². The van der Waals surface area contributed by atoms with Crippen molar-refractivity contribution in [2.45, 2.75) is 19.8 Å². The quantitative estimate of drug-likeness (QED) is 0.200. The molecule has 2 aromatic carbocycles. The number of ether oxygens (including phenoxy) is 1. The van der Waals surface area contributed by atoms with Crippen molar-refractivity contribution in [3.05, 3.63) is 97.1 Å². The smallest absolute Gasteiger partial charge is 0.287 e. The first-order valence-electron chi connectivity index (χ1n) is 9.97. The highest BCUT2D eigenvalue weighted by molar-refractivity contribution is 9.10. The summed E-state index contributed by atoms with van der Waals surface area (Å²) in [5.74, 6) is 1.11. The molecule has 0 N–H and O–H groups in total. The fraction of sp³-hybridized carbons (Fsp3) is 0.130. The molecule has 33 heavy (non-hydrogen) atoms. The maximum atomic E-state index is 13.2. The van der Waals surface area contributed by atoms with Gasteiger partial charge in [-0.1, -0.05) is 41.9 Å². The van der Waals surface area contributed by atoms with Crippen LogP contribution in [0.25, 0.3) is 10.9 Å². The lowest BCUT2D eigenvalue weighted by molar-refractivity contribution is -0.385. The van der Waals surface area contributed by atoms with Gasteiger partial charge in [0.25, 0.3) is 11.2 Å². The third kappa shape index (κ3) is 4.80. The molecule has 0 atom stereocenters. The first-order valence-corrected chi connectivity index (χ1v) is 10.8. The van der Waals surface area contributed by atoms with Gasteiger partial charge in [-0.15, -0.1) is 0 Å². The summed E-state index contributed by atoms with van der Waals surface area (Å²) in [6, 6.07) is 15.1. The normalized spacial score (nSPS) is 11.4. The highest BCUT2D eigenvalue weighted by Crippen LogP contribution is 2.24. The Balaban J connectivity index is 1.73. The molecule has 0 fully saturated rings. The van der Waals surface area contributed by atoms with Crippen LogP contribution in [-0.4, -0.2) is 25.8 Å². The Bertz CT molecular complexity index is 1430. The highest BCUT2D eigenvalue weighted by atomic mass is 79.9. The van der Waals surface area contributed by atoms with Crippen molar-refractivity contribution >= 4 is 38.7 Å². The molecule has 10 heteroatoms. The van der Waals surface area contributed by atoms with Gasteiger partial charge in [0.2, 0.25) is 5.88 Å². The average Bonchev–Trinajstić information content (AvgIpc) is 2.80. The van der Waals surface area contributed by atoms with Gasteiger partial charge in [-0.05, 0) is 30.3 Å². The highest BCUT2D eigenvalue weighted by Gasteiger charge is 2.14. The Hall–Kier alpha value is -3.92. The van der Waals surface area contributed by atoms with Gasteiger partial charge in [-0.2, -0.15) is 9.78 Å². The zero-order chi connectivity index (χ0) is 23.5. The van der Waals surface area contributed by atoms with Gasteiger partial charge in [0, 0.05) is 28.1 Å². The Kier molecular flexibility index (Phi) is 6.27. The zero-order valence-electron chi connectivity index (χ0n) is 17.7. The van der Waals surface area contributed by atoms with Crippen molar-refractivity contribution in [3.8, 4) is 11.6 Å². The van der Waals surface area contributed by atoms with Crippen LogP contribution in [0, 0.1) is 10.1 Å². The SMILES string of the molecule is CC(C)c1nc2ccc(Br)cc2c(=O)n1N=Cc1ccccc1Oc1ccc([N+](=O)[O-])cn1. The Morgan fingerprint density at radius 1 is 1.18 bits per heavy atom. The van der Waals surface area contributed by atoms with E-state index in [9.17, 15) is 14.9 Å². The summed E-state index contributed by atoms with van der Waals surface area (Å²) in [5, 5.41) is 15.7. The van der Waals surface area contributed by atoms with Crippen molar-refractivity contribution in [1.82, 2.24) is 14.6 Å². The van der Waals surface area contributed by atoms with Gasteiger partial charge in [0.1, 0.15) is 17.8 Å². The molecule has 0 saturated heterocycles. The third-order valence-electron chi connectivity index (χ3n) is 4.73. The topological polar surface area (TPSA) is 113 Å². The second-order valence-electron chi connectivity index (χ2n) is 7.40. The van der Waals surface area contributed by atoms with Crippen LogP contribution in [0.15, 0.2) is 75.2 Å². The summed E-state index contributed by atoms with van der Waals surface area (Å²) < 4.78 is 7.86. The van der Waals surface area contributed by atoms with E-state index in [2.05, 4.69) is 31.0 Å². The molecule has 0 aliphatic heterocycles. The van der Waals surface area contributed by atoms with Crippen LogP contribution >= 0.6 is 15.9 Å². The lowest BCUT2D eigenvalue weighted by Gasteiger charge is -2.12. The van der Waals surface area contributed by atoms with Gasteiger partial charge in [0.15, 0.2) is 0 Å². The van der Waals surface area contributed by atoms with Crippen molar-refractivity contribution in [2.24, 2.45) is 5.10 Å². The summed E-state index contributed by atoms with van der Waals surface area (Å²) in [6.45, 7) is 3.88. The number of halogens is 1. The molecule has 0 radical (unpaired) electrons. The van der Waals surface area contributed by atoms with Crippen molar-refractivity contribution in [2.75, 3.05) is 0 Å². The fourth-order valence-electron chi connectivity index (χ4n) is 3.10. The number of benzene rings is 2. The van der Waals surface area contributed by atoms with Crippen molar-refractivity contribution in [1.29, 1.82) is 0 Å². The number of para-hydroxylation sites is 1. The number of rotatable bonds is 6. The molecule has 0 spiro atoms. The summed E-state index contributed by atoms with van der Waals surface area (Å²) in [7, 11) is 0. The van der Waals surface area contributed by atoms with Crippen LogP contribution in [0.5, 0.6) is 11.6 Å². The summed E-state index contributed by atoms with van der Waals surface area (Å²) in [6.07, 6.45) is 2.64. The van der Waals surface area contributed by atoms with E-state index in [0.717, 1.165) is 10.7 Å². The minimum absolute atomic E-state index is 0.0429. The van der Waals surface area contributed by atoms with E-state index in [1.165, 1.54) is 23.0 Å². The minimum atomic E-state index is -0.530. The van der Waals surface area contributed by atoms with E-state index in [1.54, 1.807) is 36.4 Å². The predicted molar refractivity (Wildman–Crippen MR) is 128 cm³/mol. The van der Waals surface area contributed by atoms with E-state index in [4.69, 9.17) is 4.74 Å². The molecule has 0 amide bonds. The maximum absolute atomic E-state index is 13.2. The maximum Gasteiger partial charge on any atom is 0.287 e. The van der Waals surface area contributed by atoms with Gasteiger partial charge in [-0.25, -0.2) is 9.97 Å². The standard InChI is InChI=1S/C23H18BrN5O4/c1-14(2)22-27-19-9-7-16(24)11-18(19)23(30)28(22)26-12-15-5-3-4-6-20(15)33-21-10-8-17(13-25-21)29(31)32/h3-14H,1-2H3. The molecule has 0 bridgehead atoms. The van der Waals surface area contributed by atoms with Crippen molar-refractivity contribution < 1.29 is 9.66 Å². The molecular weight excluding hydrogens is 490 g/mol. The van der Waals surface area contributed by atoms with Gasteiger partial charge < -0.3 is 4.74 Å². The molecule has 0 unspecified atom stereocenters. The van der Waals surface area contributed by atoms with E-state index < -0.39 is 4.92 Å². The van der Waals surface area contributed by atoms with Crippen LogP contribution in [0.1, 0.15) is 31.2 Å². The number of nitrogens with zero attached hydrogens (tertiary/aromatic N) is 5. The van der Waals surface area contributed by atoms with Crippen LogP contribution in [0.3, 0.4) is 0 Å². The lowest BCUT2D eigenvalue weighted by Crippen LogP contribution is -2.23. The summed E-state index contributed by atoms with van der Waals surface area (Å²) in [4.78, 5) is 32.1. The molecule has 4 aromatic rings. The number of hydrogen-bond acceptors (Lipinski definition) is 7. The monoisotopic (exact) mass is 507 g/mol. The number of pyridine rings is 1. The van der Waals surface area contributed by atoms with Gasteiger partial charge >= 0.3 is 0 Å². The number of hydrogen-bond donors (Lipinski definition) is 0. The zero-order valence-corrected chi connectivity index (χ0v) is 19.3. The van der Waals surface area contributed by atoms with Crippen molar-refractivity contribution in [3.63, 3.8) is 0 Å². The van der Waals surface area contributed by atoms with Gasteiger partial charge in [-0.3, -0.25) is 14.9 Å². The summed E-state index contributed by atoms with van der Waals surface area (Å²) >= 11 is 3.39. The molecule has 166 valence electrons. The number of aromatic nitrogens is 3. The molecule has 2 aromatic heterocycles. The lowest BCUT2D eigenvalue weighted by atomic mass is 10.2. The Labute approximate surface area is 196 Å². The first kappa shape index (κ1) is 22.3. The Morgan fingerprint density at radius 3 is 2.67 bits per heavy atom. The molecule has 9 nitrogen and oxygen atoms in total. The minimum Gasteiger partial charge on any atom is -0.438 e. The number of fused-ring (bicyclic) bond motifs is 1. The average molecular weight is 508 g/mol. The summed E-state index contributed by atoms with van der Waals surface area (Å²) in [5.41, 5.74) is 0.782. The molecule has 2 heterocycles. The molecule has 0 aliphatic carbocycles. The van der Waals surface area contributed by atoms with E-state index in [1.807, 2.05) is 19.9 Å². The molecule has 4 rings (SSSR count). The van der Waals surface area contributed by atoms with E-state index >= 15 is 0 Å². The molecular formula is C23H18BrN5O4. The van der Waals surface area contributed by atoms with Gasteiger partial charge in [0.05, 0.1) is 22.0 Å². The molecule has 0 saturated carbocycles. The third-order valence-corrected chi connectivity index (χ3v) is 5.22.